The minimum Gasteiger partial charge on any atom is -0.455 e. The Labute approximate surface area is 118 Å². The van der Waals surface area contributed by atoms with Gasteiger partial charge >= 0.3 is 0 Å². The lowest BCUT2D eigenvalue weighted by Gasteiger charge is -2.12. The fourth-order valence-electron chi connectivity index (χ4n) is 2.97. The summed E-state index contributed by atoms with van der Waals surface area (Å²) in [5.74, 6) is 0. The van der Waals surface area contributed by atoms with Crippen molar-refractivity contribution in [1.82, 2.24) is 0 Å². The van der Waals surface area contributed by atoms with Gasteiger partial charge in [0, 0.05) is 16.3 Å². The Balaban J connectivity index is 2.01. The first-order valence-corrected chi connectivity index (χ1v) is 7.10. The van der Waals surface area contributed by atoms with Crippen molar-refractivity contribution < 1.29 is 4.42 Å². The average Bonchev–Trinajstić information content (AvgIpc) is 2.87. The number of rotatable bonds is 1. The third-order valence-corrected chi connectivity index (χ3v) is 4.11. The Morgan fingerprint density at radius 2 is 1.70 bits per heavy atom. The van der Waals surface area contributed by atoms with Gasteiger partial charge in [0.25, 0.3) is 0 Å². The second-order valence-electron chi connectivity index (χ2n) is 5.49. The van der Waals surface area contributed by atoms with Gasteiger partial charge in [-0.15, -0.1) is 0 Å². The largest absolute Gasteiger partial charge is 0.455 e. The smallest absolute Gasteiger partial charge is 0.142 e. The van der Waals surface area contributed by atoms with Crippen LogP contribution < -0.4 is 0 Å². The van der Waals surface area contributed by atoms with Crippen LogP contribution in [0.3, 0.4) is 0 Å². The summed E-state index contributed by atoms with van der Waals surface area (Å²) in [7, 11) is 0. The molecule has 0 spiro atoms. The molecule has 1 nitrogen and oxygen atoms in total. The first-order chi connectivity index (χ1) is 9.83. The van der Waals surface area contributed by atoms with E-state index in [-0.39, 0.29) is 0 Å². The van der Waals surface area contributed by atoms with Gasteiger partial charge in [0.15, 0.2) is 0 Å². The van der Waals surface area contributed by atoms with E-state index >= 15 is 0 Å². The zero-order valence-corrected chi connectivity index (χ0v) is 11.5. The molecule has 1 heterocycles. The molecular formula is C19H16O. The van der Waals surface area contributed by atoms with Gasteiger partial charge < -0.3 is 4.42 Å². The molecule has 3 aromatic rings. The summed E-state index contributed by atoms with van der Waals surface area (Å²) in [6.07, 6.45) is 6.70. The van der Waals surface area contributed by atoms with Crippen molar-refractivity contribution in [2.24, 2.45) is 0 Å². The third kappa shape index (κ3) is 1.70. The lowest BCUT2D eigenvalue weighted by atomic mass is 9.93. The molecule has 0 atom stereocenters. The number of allylic oxidation sites excluding steroid dienone is 4. The van der Waals surface area contributed by atoms with Gasteiger partial charge in [0.05, 0.1) is 0 Å². The summed E-state index contributed by atoms with van der Waals surface area (Å²) in [5, 5.41) is 2.41. The highest BCUT2D eigenvalue weighted by Crippen LogP contribution is 2.36. The van der Waals surface area contributed by atoms with Crippen LogP contribution in [0.4, 0.5) is 0 Å². The standard InChI is InChI=1S/C19H16O/c1-13-9-11-14(12-10-13)15-6-4-7-17-16-5-2-3-8-18(16)20-19(15)17/h2-9,11H,10,12H2,1H3. The Kier molecular flexibility index (Phi) is 2.53. The minimum atomic E-state index is 0.970. The number of hydrogen-bond donors (Lipinski definition) is 0. The molecule has 98 valence electrons. The molecule has 0 amide bonds. The molecule has 0 bridgehead atoms. The third-order valence-electron chi connectivity index (χ3n) is 4.11. The molecule has 4 rings (SSSR count). The summed E-state index contributed by atoms with van der Waals surface area (Å²) < 4.78 is 6.10. The van der Waals surface area contributed by atoms with Crippen molar-refractivity contribution in [1.29, 1.82) is 0 Å². The molecule has 2 aromatic carbocycles. The van der Waals surface area contributed by atoms with Crippen molar-refractivity contribution >= 4 is 27.5 Å². The monoisotopic (exact) mass is 260 g/mol. The van der Waals surface area contributed by atoms with Crippen LogP contribution in [0.15, 0.2) is 64.6 Å². The SMILES string of the molecule is CC1=CC=C(c2cccc3c2oc2ccccc23)CC1. The van der Waals surface area contributed by atoms with Gasteiger partial charge in [-0.05, 0) is 31.4 Å². The maximum Gasteiger partial charge on any atom is 0.142 e. The Hall–Kier alpha value is -2.28. The Morgan fingerprint density at radius 3 is 2.55 bits per heavy atom. The van der Waals surface area contributed by atoms with Crippen LogP contribution >= 0.6 is 0 Å². The molecule has 1 heteroatoms. The average molecular weight is 260 g/mol. The maximum atomic E-state index is 6.10. The molecule has 20 heavy (non-hydrogen) atoms. The highest BCUT2D eigenvalue weighted by Gasteiger charge is 2.14. The topological polar surface area (TPSA) is 13.1 Å². The van der Waals surface area contributed by atoms with Crippen LogP contribution in [0.5, 0.6) is 0 Å². The van der Waals surface area contributed by atoms with Crippen LogP contribution in [0.1, 0.15) is 25.3 Å². The van der Waals surface area contributed by atoms with Crippen molar-refractivity contribution in [3.63, 3.8) is 0 Å². The van der Waals surface area contributed by atoms with Gasteiger partial charge in [-0.3, -0.25) is 0 Å². The molecular weight excluding hydrogens is 244 g/mol. The second kappa shape index (κ2) is 4.38. The zero-order chi connectivity index (χ0) is 13.5. The van der Waals surface area contributed by atoms with E-state index in [1.807, 2.05) is 12.1 Å². The Bertz CT molecular complexity index is 862. The van der Waals surface area contributed by atoms with E-state index in [2.05, 4.69) is 49.4 Å². The number of fused-ring (bicyclic) bond motifs is 3. The van der Waals surface area contributed by atoms with Crippen LogP contribution in [0.25, 0.3) is 27.5 Å². The van der Waals surface area contributed by atoms with Crippen LogP contribution in [-0.2, 0) is 0 Å². The lowest BCUT2D eigenvalue weighted by molar-refractivity contribution is 0.667. The quantitative estimate of drug-likeness (QED) is 0.546. The molecule has 1 aliphatic carbocycles. The second-order valence-corrected chi connectivity index (χ2v) is 5.49. The molecule has 1 aliphatic rings. The predicted octanol–water partition coefficient (Wildman–Crippen LogP) is 5.71. The van der Waals surface area contributed by atoms with E-state index in [1.165, 1.54) is 27.5 Å². The van der Waals surface area contributed by atoms with E-state index in [9.17, 15) is 0 Å². The van der Waals surface area contributed by atoms with Crippen LogP contribution in [0.2, 0.25) is 0 Å². The molecule has 1 aromatic heterocycles. The molecule has 0 unspecified atom stereocenters. The van der Waals surface area contributed by atoms with Gasteiger partial charge in [-0.1, -0.05) is 54.1 Å². The first kappa shape index (κ1) is 11.5. The van der Waals surface area contributed by atoms with E-state index in [0.717, 1.165) is 24.0 Å². The van der Waals surface area contributed by atoms with Crippen molar-refractivity contribution in [2.45, 2.75) is 19.8 Å². The van der Waals surface area contributed by atoms with Gasteiger partial charge in [0.2, 0.25) is 0 Å². The van der Waals surface area contributed by atoms with Crippen molar-refractivity contribution in [2.75, 3.05) is 0 Å². The highest BCUT2D eigenvalue weighted by atomic mass is 16.3. The highest BCUT2D eigenvalue weighted by molar-refractivity contribution is 6.08. The number of furan rings is 1. The molecule has 0 fully saturated rings. The number of para-hydroxylation sites is 2. The van der Waals surface area contributed by atoms with E-state index < -0.39 is 0 Å². The van der Waals surface area contributed by atoms with E-state index in [4.69, 9.17) is 4.42 Å². The molecule has 0 radical (unpaired) electrons. The fraction of sp³-hybridized carbons (Fsp3) is 0.158. The molecule has 0 N–H and O–H groups in total. The Morgan fingerprint density at radius 1 is 0.850 bits per heavy atom. The lowest BCUT2D eigenvalue weighted by Crippen LogP contribution is -1.91. The summed E-state index contributed by atoms with van der Waals surface area (Å²) >= 11 is 0. The zero-order valence-electron chi connectivity index (χ0n) is 11.5. The molecule has 0 saturated carbocycles. The van der Waals surface area contributed by atoms with Gasteiger partial charge in [-0.25, -0.2) is 0 Å². The summed E-state index contributed by atoms with van der Waals surface area (Å²) in [4.78, 5) is 0. The normalized spacial score (nSPS) is 15.4. The summed E-state index contributed by atoms with van der Waals surface area (Å²) in [6.45, 7) is 2.19. The first-order valence-electron chi connectivity index (χ1n) is 7.10. The fourth-order valence-corrected chi connectivity index (χ4v) is 2.97. The van der Waals surface area contributed by atoms with Crippen LogP contribution in [-0.4, -0.2) is 0 Å². The minimum absolute atomic E-state index is 0.970. The van der Waals surface area contributed by atoms with Crippen molar-refractivity contribution in [3.05, 3.63) is 65.8 Å². The number of benzene rings is 2. The number of hydrogen-bond acceptors (Lipinski definition) is 1. The van der Waals surface area contributed by atoms with Crippen LogP contribution in [0, 0.1) is 0 Å². The van der Waals surface area contributed by atoms with Crippen molar-refractivity contribution in [3.8, 4) is 0 Å². The molecule has 0 aliphatic heterocycles. The van der Waals surface area contributed by atoms with Gasteiger partial charge in [-0.2, -0.15) is 0 Å². The summed E-state index contributed by atoms with van der Waals surface area (Å²) in [6, 6.07) is 14.7. The summed E-state index contributed by atoms with van der Waals surface area (Å²) in [5.41, 5.74) is 6.05. The van der Waals surface area contributed by atoms with Gasteiger partial charge in [0.1, 0.15) is 11.2 Å². The predicted molar refractivity (Wildman–Crippen MR) is 84.7 cm³/mol. The molecule has 0 saturated heterocycles. The van der Waals surface area contributed by atoms with E-state index in [1.54, 1.807) is 0 Å². The maximum absolute atomic E-state index is 6.10. The van der Waals surface area contributed by atoms with E-state index in [0.29, 0.717) is 0 Å².